The lowest BCUT2D eigenvalue weighted by Gasteiger charge is -2.21. The zero-order valence-electron chi connectivity index (χ0n) is 16.0. The first-order valence-corrected chi connectivity index (χ1v) is 8.81. The Labute approximate surface area is 155 Å². The first-order chi connectivity index (χ1) is 12.3. The molecule has 1 aromatic heterocycles. The van der Waals surface area contributed by atoms with Crippen molar-refractivity contribution in [1.29, 1.82) is 0 Å². The van der Waals surface area contributed by atoms with Crippen molar-refractivity contribution in [2.75, 3.05) is 13.1 Å². The first-order valence-electron chi connectivity index (χ1n) is 8.81. The average molecular weight is 353 g/mol. The lowest BCUT2D eigenvalue weighted by atomic mass is 9.87. The Hall–Kier alpha value is -2.69. The van der Waals surface area contributed by atoms with Crippen LogP contribution in [-0.4, -0.2) is 34.8 Å². The van der Waals surface area contributed by atoms with Crippen molar-refractivity contribution >= 4 is 11.8 Å². The fraction of sp³-hybridized carbons (Fsp3) is 0.381. The maximum atomic E-state index is 12.3. The highest BCUT2D eigenvalue weighted by molar-refractivity contribution is 5.94. The van der Waals surface area contributed by atoms with E-state index in [-0.39, 0.29) is 17.2 Å². The normalized spacial score (nSPS) is 11.1. The van der Waals surface area contributed by atoms with Crippen molar-refractivity contribution in [1.82, 2.24) is 15.2 Å². The largest absolute Gasteiger partial charge is 0.350 e. The zero-order valence-corrected chi connectivity index (χ0v) is 16.0. The lowest BCUT2D eigenvalue weighted by Crippen LogP contribution is -2.37. The highest BCUT2D eigenvalue weighted by Gasteiger charge is 2.15. The van der Waals surface area contributed by atoms with E-state index in [0.717, 1.165) is 5.69 Å². The van der Waals surface area contributed by atoms with E-state index in [1.54, 1.807) is 11.1 Å². The summed E-state index contributed by atoms with van der Waals surface area (Å²) in [6.45, 7) is 9.21. The minimum Gasteiger partial charge on any atom is -0.350 e. The van der Waals surface area contributed by atoms with Crippen LogP contribution in [0.2, 0.25) is 0 Å². The summed E-state index contributed by atoms with van der Waals surface area (Å²) in [6, 6.07) is 13.3. The number of aromatic nitrogens is 1. The number of hydrogen-bond donors (Lipinski definition) is 1. The van der Waals surface area contributed by atoms with Crippen molar-refractivity contribution < 1.29 is 9.59 Å². The number of carbonyl (C=O) groups is 2. The molecule has 0 bridgehead atoms. The van der Waals surface area contributed by atoms with Gasteiger partial charge in [0.1, 0.15) is 0 Å². The Morgan fingerprint density at radius 2 is 1.77 bits per heavy atom. The van der Waals surface area contributed by atoms with Gasteiger partial charge in [0.15, 0.2) is 0 Å². The molecule has 2 aromatic rings. The summed E-state index contributed by atoms with van der Waals surface area (Å²) in [5.41, 5.74) is 2.69. The Balaban J connectivity index is 1.88. The van der Waals surface area contributed by atoms with Crippen molar-refractivity contribution in [2.24, 2.45) is 0 Å². The van der Waals surface area contributed by atoms with Crippen LogP contribution in [0.5, 0.6) is 0 Å². The van der Waals surface area contributed by atoms with Crippen molar-refractivity contribution in [3.05, 3.63) is 65.5 Å². The highest BCUT2D eigenvalue weighted by Crippen LogP contribution is 2.22. The van der Waals surface area contributed by atoms with Crippen LogP contribution in [0.3, 0.4) is 0 Å². The molecule has 5 nitrogen and oxygen atoms in total. The molecule has 0 saturated carbocycles. The maximum absolute atomic E-state index is 12.3. The van der Waals surface area contributed by atoms with Gasteiger partial charge in [0.25, 0.3) is 5.91 Å². The van der Waals surface area contributed by atoms with Crippen LogP contribution in [-0.2, 0) is 16.8 Å². The Kier molecular flexibility index (Phi) is 6.50. The summed E-state index contributed by atoms with van der Waals surface area (Å²) < 4.78 is 0. The maximum Gasteiger partial charge on any atom is 0.251 e. The van der Waals surface area contributed by atoms with Gasteiger partial charge in [0.05, 0.1) is 12.2 Å². The van der Waals surface area contributed by atoms with Crippen LogP contribution in [0, 0.1) is 0 Å². The summed E-state index contributed by atoms with van der Waals surface area (Å²) in [4.78, 5) is 30.0. The highest BCUT2D eigenvalue weighted by atomic mass is 16.2. The number of rotatable bonds is 6. The molecule has 0 aliphatic carbocycles. The average Bonchev–Trinajstić information content (AvgIpc) is 2.61. The molecule has 1 N–H and O–H groups in total. The predicted octanol–water partition coefficient (Wildman–Crippen LogP) is 3.16. The van der Waals surface area contributed by atoms with Gasteiger partial charge in [-0.1, -0.05) is 39.0 Å². The molecule has 26 heavy (non-hydrogen) atoms. The first kappa shape index (κ1) is 19.6. The minimum atomic E-state index is -0.133. The molecule has 0 saturated heterocycles. The predicted molar refractivity (Wildman–Crippen MR) is 103 cm³/mol. The van der Waals surface area contributed by atoms with E-state index in [4.69, 9.17) is 0 Å². The molecule has 0 aliphatic rings. The van der Waals surface area contributed by atoms with Crippen LogP contribution >= 0.6 is 0 Å². The minimum absolute atomic E-state index is 0.0422. The molecular formula is C21H27N3O2. The van der Waals surface area contributed by atoms with E-state index < -0.39 is 0 Å². The van der Waals surface area contributed by atoms with E-state index >= 15 is 0 Å². The number of benzene rings is 1. The molecule has 0 aliphatic heterocycles. The molecule has 0 unspecified atom stereocenters. The van der Waals surface area contributed by atoms with E-state index in [0.29, 0.717) is 25.2 Å². The lowest BCUT2D eigenvalue weighted by molar-refractivity contribution is -0.129. The monoisotopic (exact) mass is 353 g/mol. The van der Waals surface area contributed by atoms with Gasteiger partial charge in [0, 0.05) is 31.8 Å². The number of amides is 2. The Morgan fingerprint density at radius 1 is 1.08 bits per heavy atom. The Bertz CT molecular complexity index is 734. The van der Waals surface area contributed by atoms with Crippen molar-refractivity contribution in [3.8, 4) is 0 Å². The topological polar surface area (TPSA) is 62.3 Å². The van der Waals surface area contributed by atoms with Gasteiger partial charge in [-0.05, 0) is 35.2 Å². The van der Waals surface area contributed by atoms with E-state index in [1.165, 1.54) is 12.5 Å². The molecule has 0 atom stereocenters. The number of nitrogens with zero attached hydrogens (tertiary/aromatic N) is 2. The smallest absolute Gasteiger partial charge is 0.251 e. The number of pyridine rings is 1. The molecule has 2 amide bonds. The second kappa shape index (κ2) is 8.61. The molecule has 2 rings (SSSR count). The van der Waals surface area contributed by atoms with E-state index in [1.807, 2.05) is 42.5 Å². The van der Waals surface area contributed by atoms with Crippen LogP contribution in [0.1, 0.15) is 49.3 Å². The number of nitrogens with one attached hydrogen (secondary N) is 1. The van der Waals surface area contributed by atoms with Gasteiger partial charge in [-0.3, -0.25) is 14.6 Å². The summed E-state index contributed by atoms with van der Waals surface area (Å²) in [7, 11) is 0. The standard InChI is InChI=1S/C21H27N3O2/c1-16(25)24(15-19-7-5-6-12-22-19)14-13-23-20(26)17-8-10-18(11-9-17)21(2,3)4/h5-12H,13-15H2,1-4H3,(H,23,26). The van der Waals surface area contributed by atoms with Gasteiger partial charge in [-0.2, -0.15) is 0 Å². The summed E-state index contributed by atoms with van der Waals surface area (Å²) in [6.07, 6.45) is 1.71. The van der Waals surface area contributed by atoms with Crippen molar-refractivity contribution in [2.45, 2.75) is 39.7 Å². The molecule has 1 heterocycles. The molecule has 1 aromatic carbocycles. The van der Waals surface area contributed by atoms with E-state index in [2.05, 4.69) is 31.1 Å². The molecule has 138 valence electrons. The third-order valence-electron chi connectivity index (χ3n) is 4.20. The SMILES string of the molecule is CC(=O)N(CCNC(=O)c1ccc(C(C)(C)C)cc1)Cc1ccccn1. The molecule has 0 fully saturated rings. The van der Waals surface area contributed by atoms with Gasteiger partial charge >= 0.3 is 0 Å². The number of carbonyl (C=O) groups excluding carboxylic acids is 2. The summed E-state index contributed by atoms with van der Waals surface area (Å²) in [5, 5.41) is 2.88. The molecular weight excluding hydrogens is 326 g/mol. The van der Waals surface area contributed by atoms with Gasteiger partial charge in [-0.25, -0.2) is 0 Å². The van der Waals surface area contributed by atoms with Gasteiger partial charge < -0.3 is 10.2 Å². The second-order valence-electron chi connectivity index (χ2n) is 7.34. The fourth-order valence-electron chi connectivity index (χ4n) is 2.56. The third-order valence-corrected chi connectivity index (χ3v) is 4.20. The third kappa shape index (κ3) is 5.69. The van der Waals surface area contributed by atoms with Gasteiger partial charge in [0.2, 0.25) is 5.91 Å². The number of hydrogen-bond acceptors (Lipinski definition) is 3. The van der Waals surface area contributed by atoms with Crippen LogP contribution in [0.15, 0.2) is 48.7 Å². The van der Waals surface area contributed by atoms with Crippen LogP contribution in [0.4, 0.5) is 0 Å². The molecule has 5 heteroatoms. The summed E-state index contributed by atoms with van der Waals surface area (Å²) >= 11 is 0. The molecule has 0 spiro atoms. The van der Waals surface area contributed by atoms with E-state index in [9.17, 15) is 9.59 Å². The Morgan fingerprint density at radius 3 is 2.31 bits per heavy atom. The zero-order chi connectivity index (χ0) is 19.2. The van der Waals surface area contributed by atoms with Crippen LogP contribution in [0.25, 0.3) is 0 Å². The van der Waals surface area contributed by atoms with Crippen molar-refractivity contribution in [3.63, 3.8) is 0 Å². The van der Waals surface area contributed by atoms with Gasteiger partial charge in [-0.15, -0.1) is 0 Å². The quantitative estimate of drug-likeness (QED) is 0.868. The van der Waals surface area contributed by atoms with Crippen LogP contribution < -0.4 is 5.32 Å². The fourth-order valence-corrected chi connectivity index (χ4v) is 2.56. The summed E-state index contributed by atoms with van der Waals surface area (Å²) in [5.74, 6) is -0.175. The molecule has 0 radical (unpaired) electrons. The second-order valence-corrected chi connectivity index (χ2v) is 7.34.